The molecular formula is C29H28Cl2N6O5. The first kappa shape index (κ1) is 29.6. The molecule has 4 aromatic rings. The average Bonchev–Trinajstić information content (AvgIpc) is 2.99. The number of aliphatic hydroxyl groups excluding tert-OH is 1. The quantitative estimate of drug-likeness (QED) is 0.272. The lowest BCUT2D eigenvalue weighted by molar-refractivity contribution is -0.0281. The minimum absolute atomic E-state index is 0.0779. The summed E-state index contributed by atoms with van der Waals surface area (Å²) in [5, 5.41) is 20.6. The van der Waals surface area contributed by atoms with E-state index in [1.54, 1.807) is 25.3 Å². The minimum atomic E-state index is -0.714. The van der Waals surface area contributed by atoms with Crippen molar-refractivity contribution in [2.45, 2.75) is 25.1 Å². The smallest absolute Gasteiger partial charge is 0.298 e. The summed E-state index contributed by atoms with van der Waals surface area (Å²) < 4.78 is 11.9. The van der Waals surface area contributed by atoms with Gasteiger partial charge in [0.2, 0.25) is 5.88 Å². The maximum absolute atomic E-state index is 12.8. The van der Waals surface area contributed by atoms with E-state index < -0.39 is 17.6 Å². The van der Waals surface area contributed by atoms with Gasteiger partial charge in [-0.25, -0.2) is 14.6 Å². The molecule has 218 valence electrons. The fraction of sp³-hybridized carbons (Fsp3) is 0.276. The Balaban J connectivity index is 1.41. The Labute approximate surface area is 251 Å². The van der Waals surface area contributed by atoms with Crippen LogP contribution in [-0.2, 0) is 18.3 Å². The predicted octanol–water partition coefficient (Wildman–Crippen LogP) is 3.71. The summed E-state index contributed by atoms with van der Waals surface area (Å²) in [6.07, 6.45) is 1.27. The second kappa shape index (κ2) is 13.0. The van der Waals surface area contributed by atoms with Gasteiger partial charge in [-0.1, -0.05) is 59.6 Å². The van der Waals surface area contributed by atoms with E-state index in [2.05, 4.69) is 20.7 Å². The molecule has 0 radical (unpaired) electrons. The number of anilines is 1. The number of halogens is 2. The topological polar surface area (TPSA) is 140 Å². The standard InChI is InChI=1S/C29H28Cl2N6O5/c1-37-29(40)26(33-15-34-37)27(39)35-22-8-4-6-18(25(22)31)17-5-3-7-19(24(17)30)20-10-9-16(28(36-20)41-2)13-32-21-11-12-42-14-23(21)38/h3-10,15,21,23,32,38H,11-14H2,1-2H3,(H,35,39)/t21?,23-/m0/s1. The number of methoxy groups -OCH3 is 1. The molecule has 0 aliphatic carbocycles. The van der Waals surface area contributed by atoms with Crippen molar-refractivity contribution in [2.24, 2.45) is 7.05 Å². The molecule has 1 fully saturated rings. The number of nitrogens with zero attached hydrogens (tertiary/aromatic N) is 4. The van der Waals surface area contributed by atoms with E-state index in [4.69, 9.17) is 37.7 Å². The number of ether oxygens (including phenoxy) is 2. The zero-order valence-electron chi connectivity index (χ0n) is 22.8. The van der Waals surface area contributed by atoms with Crippen molar-refractivity contribution in [3.8, 4) is 28.3 Å². The van der Waals surface area contributed by atoms with Crippen LogP contribution in [0.3, 0.4) is 0 Å². The summed E-state index contributed by atoms with van der Waals surface area (Å²) in [7, 11) is 2.98. The Hall–Kier alpha value is -3.87. The summed E-state index contributed by atoms with van der Waals surface area (Å²) in [5.41, 5.74) is 2.61. The van der Waals surface area contributed by atoms with Crippen molar-refractivity contribution < 1.29 is 19.4 Å². The Morgan fingerprint density at radius 2 is 1.86 bits per heavy atom. The molecule has 3 N–H and O–H groups in total. The monoisotopic (exact) mass is 610 g/mol. The maximum Gasteiger partial charge on any atom is 0.298 e. The van der Waals surface area contributed by atoms with E-state index in [0.29, 0.717) is 59.5 Å². The molecule has 13 heteroatoms. The minimum Gasteiger partial charge on any atom is -0.481 e. The SMILES string of the molecule is COc1nc(-c2cccc(-c3cccc(NC(=O)c4ncnn(C)c4=O)c3Cl)c2Cl)ccc1CNC1CCOC[C@@H]1O. The molecule has 1 saturated heterocycles. The van der Waals surface area contributed by atoms with Gasteiger partial charge in [0.25, 0.3) is 11.5 Å². The number of benzene rings is 2. The molecule has 0 spiro atoms. The van der Waals surface area contributed by atoms with Gasteiger partial charge in [-0.05, 0) is 18.6 Å². The number of nitrogens with one attached hydrogen (secondary N) is 2. The van der Waals surface area contributed by atoms with Crippen molar-refractivity contribution in [1.82, 2.24) is 25.1 Å². The van der Waals surface area contributed by atoms with Crippen molar-refractivity contribution >= 4 is 34.8 Å². The highest BCUT2D eigenvalue weighted by atomic mass is 35.5. The lowest BCUT2D eigenvalue weighted by Gasteiger charge is -2.28. The maximum atomic E-state index is 12.8. The highest BCUT2D eigenvalue weighted by Crippen LogP contribution is 2.41. The van der Waals surface area contributed by atoms with Gasteiger partial charge in [0, 0.05) is 48.5 Å². The van der Waals surface area contributed by atoms with Crippen LogP contribution in [0, 0.1) is 0 Å². The van der Waals surface area contributed by atoms with Gasteiger partial charge in [-0.15, -0.1) is 0 Å². The van der Waals surface area contributed by atoms with Crippen LogP contribution >= 0.6 is 23.2 Å². The fourth-order valence-electron chi connectivity index (χ4n) is 4.67. The van der Waals surface area contributed by atoms with Crippen molar-refractivity contribution in [3.63, 3.8) is 0 Å². The average molecular weight is 611 g/mol. The third-order valence-corrected chi connectivity index (χ3v) is 7.76. The first-order chi connectivity index (χ1) is 20.3. The van der Waals surface area contributed by atoms with Crippen molar-refractivity contribution in [1.29, 1.82) is 0 Å². The Bertz CT molecular complexity index is 1680. The molecule has 1 aliphatic rings. The lowest BCUT2D eigenvalue weighted by atomic mass is 10.00. The number of aliphatic hydroxyl groups is 1. The van der Waals surface area contributed by atoms with Gasteiger partial charge in [0.05, 0.1) is 41.2 Å². The van der Waals surface area contributed by atoms with Gasteiger partial charge < -0.3 is 25.2 Å². The van der Waals surface area contributed by atoms with Crippen LogP contribution in [-0.4, -0.2) is 63.2 Å². The highest BCUT2D eigenvalue weighted by Gasteiger charge is 2.24. The molecule has 1 unspecified atom stereocenters. The summed E-state index contributed by atoms with van der Waals surface area (Å²) in [6, 6.07) is 14.3. The largest absolute Gasteiger partial charge is 0.481 e. The van der Waals surface area contributed by atoms with Crippen LogP contribution < -0.4 is 20.9 Å². The third kappa shape index (κ3) is 6.15. The van der Waals surface area contributed by atoms with Gasteiger partial charge in [-0.2, -0.15) is 5.10 Å². The molecule has 42 heavy (non-hydrogen) atoms. The Morgan fingerprint density at radius 3 is 2.62 bits per heavy atom. The van der Waals surface area contributed by atoms with Gasteiger partial charge in [0.15, 0.2) is 5.69 Å². The van der Waals surface area contributed by atoms with Crippen LogP contribution in [0.4, 0.5) is 5.69 Å². The van der Waals surface area contributed by atoms with Crippen LogP contribution in [0.5, 0.6) is 5.88 Å². The van der Waals surface area contributed by atoms with Crippen LogP contribution in [0.15, 0.2) is 59.7 Å². The van der Waals surface area contributed by atoms with E-state index >= 15 is 0 Å². The van der Waals surface area contributed by atoms with Gasteiger partial charge in [0.1, 0.15) is 6.33 Å². The summed E-state index contributed by atoms with van der Waals surface area (Å²) in [6.45, 7) is 1.36. The highest BCUT2D eigenvalue weighted by molar-refractivity contribution is 6.39. The second-order valence-electron chi connectivity index (χ2n) is 9.61. The van der Waals surface area contributed by atoms with E-state index in [1.165, 1.54) is 7.05 Å². The number of amides is 1. The number of hydrogen-bond donors (Lipinski definition) is 3. The molecule has 2 atom stereocenters. The summed E-state index contributed by atoms with van der Waals surface area (Å²) in [4.78, 5) is 33.6. The molecule has 2 aromatic carbocycles. The van der Waals surface area contributed by atoms with E-state index in [-0.39, 0.29) is 22.4 Å². The first-order valence-corrected chi connectivity index (χ1v) is 13.8. The third-order valence-electron chi connectivity index (χ3n) is 6.95. The number of carbonyl (C=O) groups is 1. The number of carbonyl (C=O) groups excluding carboxylic acids is 1. The first-order valence-electron chi connectivity index (χ1n) is 13.1. The van der Waals surface area contributed by atoms with E-state index in [0.717, 1.165) is 16.6 Å². The van der Waals surface area contributed by atoms with E-state index in [1.807, 2.05) is 30.3 Å². The predicted molar refractivity (Wildman–Crippen MR) is 159 cm³/mol. The van der Waals surface area contributed by atoms with Gasteiger partial charge >= 0.3 is 0 Å². The fourth-order valence-corrected chi connectivity index (χ4v) is 5.27. The normalized spacial score (nSPS) is 16.7. The zero-order valence-corrected chi connectivity index (χ0v) is 24.3. The number of hydrogen-bond acceptors (Lipinski definition) is 9. The summed E-state index contributed by atoms with van der Waals surface area (Å²) in [5.74, 6) is -0.282. The summed E-state index contributed by atoms with van der Waals surface area (Å²) >= 11 is 13.7. The van der Waals surface area contributed by atoms with Crippen LogP contribution in [0.2, 0.25) is 10.0 Å². The van der Waals surface area contributed by atoms with Gasteiger partial charge in [-0.3, -0.25) is 9.59 Å². The number of rotatable bonds is 8. The lowest BCUT2D eigenvalue weighted by Crippen LogP contribution is -2.46. The molecular weight excluding hydrogens is 583 g/mol. The molecule has 11 nitrogen and oxygen atoms in total. The van der Waals surface area contributed by atoms with E-state index in [9.17, 15) is 14.7 Å². The second-order valence-corrected chi connectivity index (χ2v) is 10.4. The van der Waals surface area contributed by atoms with Crippen molar-refractivity contribution in [3.05, 3.63) is 86.5 Å². The molecule has 1 amide bonds. The Kier molecular flexibility index (Phi) is 9.15. The molecule has 2 aromatic heterocycles. The van der Waals surface area contributed by atoms with Crippen LogP contribution in [0.1, 0.15) is 22.5 Å². The zero-order chi connectivity index (χ0) is 29.8. The number of pyridine rings is 1. The molecule has 3 heterocycles. The van der Waals surface area contributed by atoms with Crippen LogP contribution in [0.25, 0.3) is 22.4 Å². The number of aryl methyl sites for hydroxylation is 1. The molecule has 5 rings (SSSR count). The van der Waals surface area contributed by atoms with Crippen molar-refractivity contribution in [2.75, 3.05) is 25.6 Å². The Morgan fingerprint density at radius 1 is 1.12 bits per heavy atom. The molecule has 0 saturated carbocycles. The molecule has 1 aliphatic heterocycles. The molecule has 0 bridgehead atoms. The number of aromatic nitrogens is 4.